The molecule has 0 spiro atoms. The lowest BCUT2D eigenvalue weighted by molar-refractivity contribution is 0.129. The number of benzene rings is 1. The fourth-order valence-electron chi connectivity index (χ4n) is 3.95. The molecule has 0 amide bonds. The Bertz CT molecular complexity index is 707. The largest absolute Gasteiger partial charge is 0.312 e. The highest BCUT2D eigenvalue weighted by Crippen LogP contribution is 2.34. The number of nitrogens with zero attached hydrogens (tertiary/aromatic N) is 4. The summed E-state index contributed by atoms with van der Waals surface area (Å²) < 4.78 is 15.6. The fraction of sp³-hybridized carbons (Fsp3) is 0.579. The van der Waals surface area contributed by atoms with E-state index >= 15 is 0 Å². The van der Waals surface area contributed by atoms with Crippen molar-refractivity contribution in [3.05, 3.63) is 47.3 Å². The van der Waals surface area contributed by atoms with Gasteiger partial charge in [-0.05, 0) is 29.5 Å². The normalized spacial score (nSPS) is 19.8. The summed E-state index contributed by atoms with van der Waals surface area (Å²) in [6.45, 7) is 6.42. The van der Waals surface area contributed by atoms with Gasteiger partial charge in [0.05, 0.1) is 6.54 Å². The van der Waals surface area contributed by atoms with Crippen molar-refractivity contribution in [2.45, 2.75) is 45.7 Å². The number of halogens is 1. The highest BCUT2D eigenvalue weighted by atomic mass is 19.1. The number of hydrogen-bond acceptors (Lipinski definition) is 3. The molecule has 0 saturated heterocycles. The van der Waals surface area contributed by atoms with Gasteiger partial charge < -0.3 is 4.57 Å². The van der Waals surface area contributed by atoms with Gasteiger partial charge in [-0.3, -0.25) is 4.90 Å². The van der Waals surface area contributed by atoms with Gasteiger partial charge in [0.15, 0.2) is 0 Å². The first kappa shape index (κ1) is 15.8. The van der Waals surface area contributed by atoms with Crippen molar-refractivity contribution < 1.29 is 4.39 Å². The summed E-state index contributed by atoms with van der Waals surface area (Å²) in [6, 6.07) is 6.75. The third kappa shape index (κ3) is 3.22. The van der Waals surface area contributed by atoms with Gasteiger partial charge in [-0.1, -0.05) is 38.3 Å². The van der Waals surface area contributed by atoms with Crippen molar-refractivity contribution in [2.75, 3.05) is 13.1 Å². The Labute approximate surface area is 142 Å². The maximum Gasteiger partial charge on any atom is 0.147 e. The van der Waals surface area contributed by atoms with E-state index in [4.69, 9.17) is 0 Å². The second kappa shape index (κ2) is 6.63. The first-order chi connectivity index (χ1) is 11.7. The van der Waals surface area contributed by atoms with Crippen LogP contribution in [0.1, 0.15) is 43.4 Å². The van der Waals surface area contributed by atoms with Crippen LogP contribution in [0.5, 0.6) is 0 Å². The quantitative estimate of drug-likeness (QED) is 0.845. The first-order valence-corrected chi connectivity index (χ1v) is 9.07. The Morgan fingerprint density at radius 1 is 1.25 bits per heavy atom. The number of fused-ring (bicyclic) bond motifs is 1. The number of aromatic nitrogens is 3. The molecule has 1 saturated carbocycles. The van der Waals surface area contributed by atoms with Crippen molar-refractivity contribution in [1.29, 1.82) is 0 Å². The molecular formula is C19H25FN4. The Hall–Kier alpha value is -1.75. The molecule has 128 valence electrons. The van der Waals surface area contributed by atoms with E-state index in [1.807, 2.05) is 6.07 Å². The Morgan fingerprint density at radius 3 is 2.88 bits per heavy atom. The summed E-state index contributed by atoms with van der Waals surface area (Å²) in [5.41, 5.74) is 0.950. The van der Waals surface area contributed by atoms with Gasteiger partial charge in [0, 0.05) is 26.1 Å². The van der Waals surface area contributed by atoms with Gasteiger partial charge in [-0.2, -0.15) is 0 Å². The van der Waals surface area contributed by atoms with Crippen LogP contribution in [-0.2, 0) is 19.5 Å². The molecule has 1 aliphatic carbocycles. The average Bonchev–Trinajstić information content (AvgIpc) is 2.88. The molecule has 24 heavy (non-hydrogen) atoms. The van der Waals surface area contributed by atoms with E-state index < -0.39 is 0 Å². The smallest absolute Gasteiger partial charge is 0.147 e. The third-order valence-electron chi connectivity index (χ3n) is 5.66. The van der Waals surface area contributed by atoms with Crippen LogP contribution in [0.15, 0.2) is 24.3 Å². The van der Waals surface area contributed by atoms with E-state index in [9.17, 15) is 4.39 Å². The zero-order valence-electron chi connectivity index (χ0n) is 14.3. The minimum atomic E-state index is -0.193. The summed E-state index contributed by atoms with van der Waals surface area (Å²) in [4.78, 5) is 2.51. The van der Waals surface area contributed by atoms with E-state index in [1.165, 1.54) is 25.3 Å². The zero-order chi connectivity index (χ0) is 16.5. The summed E-state index contributed by atoms with van der Waals surface area (Å²) in [5, 5.41) is 8.75. The van der Waals surface area contributed by atoms with Gasteiger partial charge >= 0.3 is 0 Å². The van der Waals surface area contributed by atoms with Crippen LogP contribution in [0.4, 0.5) is 4.39 Å². The van der Waals surface area contributed by atoms with E-state index in [0.29, 0.717) is 6.42 Å². The van der Waals surface area contributed by atoms with Crippen molar-refractivity contribution in [3.8, 4) is 0 Å². The van der Waals surface area contributed by atoms with Crippen LogP contribution >= 0.6 is 0 Å². The number of rotatable bonds is 5. The van der Waals surface area contributed by atoms with Crippen molar-refractivity contribution in [2.24, 2.45) is 11.8 Å². The second-order valence-electron chi connectivity index (χ2n) is 7.39. The molecule has 4 rings (SSSR count). The Kier molecular flexibility index (Phi) is 4.35. The monoisotopic (exact) mass is 328 g/mol. The summed E-state index contributed by atoms with van der Waals surface area (Å²) >= 11 is 0. The lowest BCUT2D eigenvalue weighted by Gasteiger charge is -2.36. The molecule has 0 bridgehead atoms. The van der Waals surface area contributed by atoms with Crippen molar-refractivity contribution in [1.82, 2.24) is 19.7 Å². The topological polar surface area (TPSA) is 34.0 Å². The average molecular weight is 328 g/mol. The molecule has 2 aromatic rings. The molecule has 0 N–H and O–H groups in total. The van der Waals surface area contributed by atoms with Gasteiger partial charge in [0.2, 0.25) is 0 Å². The van der Waals surface area contributed by atoms with Crippen LogP contribution in [0.3, 0.4) is 0 Å². The van der Waals surface area contributed by atoms with Crippen molar-refractivity contribution in [3.63, 3.8) is 0 Å². The lowest BCUT2D eigenvalue weighted by atomic mass is 9.76. The van der Waals surface area contributed by atoms with Gasteiger partial charge in [0.1, 0.15) is 17.5 Å². The summed E-state index contributed by atoms with van der Waals surface area (Å²) in [7, 11) is 0. The predicted molar refractivity (Wildman–Crippen MR) is 91.0 cm³/mol. The molecule has 1 unspecified atom stereocenters. The van der Waals surface area contributed by atoms with Crippen LogP contribution < -0.4 is 0 Å². The Morgan fingerprint density at radius 2 is 2.12 bits per heavy atom. The maximum absolute atomic E-state index is 13.4. The minimum Gasteiger partial charge on any atom is -0.312 e. The molecule has 4 nitrogen and oxygen atoms in total. The van der Waals surface area contributed by atoms with E-state index in [0.717, 1.165) is 55.2 Å². The number of hydrogen-bond donors (Lipinski definition) is 0. The molecular weight excluding hydrogens is 303 g/mol. The zero-order valence-corrected chi connectivity index (χ0v) is 14.3. The Balaban J connectivity index is 1.41. The van der Waals surface area contributed by atoms with Crippen LogP contribution in [0.25, 0.3) is 0 Å². The first-order valence-electron chi connectivity index (χ1n) is 9.07. The summed E-state index contributed by atoms with van der Waals surface area (Å²) in [5.74, 6) is 3.51. The highest BCUT2D eigenvalue weighted by Gasteiger charge is 2.28. The molecule has 0 radical (unpaired) electrons. The van der Waals surface area contributed by atoms with E-state index in [2.05, 4.69) is 26.6 Å². The predicted octanol–water partition coefficient (Wildman–Crippen LogP) is 3.26. The van der Waals surface area contributed by atoms with E-state index in [1.54, 1.807) is 12.1 Å². The van der Waals surface area contributed by atoms with Crippen LogP contribution in [0, 0.1) is 17.7 Å². The SMILES string of the molecule is CC(CN1CCn2c(Cc3cccc(F)c3)nnc2C1)C1CCC1. The van der Waals surface area contributed by atoms with Crippen LogP contribution in [0.2, 0.25) is 0 Å². The molecule has 1 fully saturated rings. The van der Waals surface area contributed by atoms with Gasteiger partial charge in [-0.15, -0.1) is 10.2 Å². The highest BCUT2D eigenvalue weighted by molar-refractivity contribution is 5.20. The molecule has 5 heteroatoms. The van der Waals surface area contributed by atoms with Crippen LogP contribution in [-0.4, -0.2) is 32.8 Å². The van der Waals surface area contributed by atoms with Crippen molar-refractivity contribution >= 4 is 0 Å². The summed E-state index contributed by atoms with van der Waals surface area (Å²) in [6.07, 6.45) is 4.86. The minimum absolute atomic E-state index is 0.193. The molecule has 2 aliphatic rings. The molecule has 1 aromatic carbocycles. The third-order valence-corrected chi connectivity index (χ3v) is 5.66. The molecule has 1 aromatic heterocycles. The van der Waals surface area contributed by atoms with Gasteiger partial charge in [0.25, 0.3) is 0 Å². The molecule has 1 aliphatic heterocycles. The second-order valence-corrected chi connectivity index (χ2v) is 7.39. The standard InChI is InChI=1S/C19H25FN4/c1-14(16-5-3-6-16)12-23-8-9-24-18(21-22-19(24)13-23)11-15-4-2-7-17(20)10-15/h2,4,7,10,14,16H,3,5-6,8-9,11-13H2,1H3. The molecule has 1 atom stereocenters. The fourth-order valence-corrected chi connectivity index (χ4v) is 3.95. The molecule has 2 heterocycles. The van der Waals surface area contributed by atoms with Gasteiger partial charge in [-0.25, -0.2) is 4.39 Å². The maximum atomic E-state index is 13.4. The lowest BCUT2D eigenvalue weighted by Crippen LogP contribution is -2.39. The van der Waals surface area contributed by atoms with E-state index in [-0.39, 0.29) is 5.82 Å².